The van der Waals surface area contributed by atoms with Gasteiger partial charge in [0.1, 0.15) is 0 Å². The lowest BCUT2D eigenvalue weighted by molar-refractivity contribution is -0.126. The van der Waals surface area contributed by atoms with Gasteiger partial charge in [0, 0.05) is 25.2 Å². The molecule has 0 aromatic rings. The third-order valence-corrected chi connectivity index (χ3v) is 3.57. The van der Waals surface area contributed by atoms with E-state index in [4.69, 9.17) is 0 Å². The molecule has 0 aromatic heterocycles. The molecule has 106 valence electrons. The van der Waals surface area contributed by atoms with Crippen molar-refractivity contribution in [3.05, 3.63) is 0 Å². The van der Waals surface area contributed by atoms with Crippen LogP contribution in [0.25, 0.3) is 0 Å². The number of carbonyl (C=O) groups is 1. The number of carbonyl (C=O) groups excluding carboxylic acids is 1. The van der Waals surface area contributed by atoms with Crippen LogP contribution in [-0.2, 0) is 4.79 Å². The van der Waals surface area contributed by atoms with Crippen LogP contribution in [0.3, 0.4) is 0 Å². The van der Waals surface area contributed by atoms with Gasteiger partial charge in [0.2, 0.25) is 5.91 Å². The molecule has 1 heterocycles. The van der Waals surface area contributed by atoms with Crippen molar-refractivity contribution >= 4 is 5.91 Å². The Morgan fingerprint density at radius 2 is 1.89 bits per heavy atom. The second-order valence-electron chi connectivity index (χ2n) is 5.60. The van der Waals surface area contributed by atoms with E-state index in [0.717, 1.165) is 32.5 Å². The summed E-state index contributed by atoms with van der Waals surface area (Å²) < 4.78 is 0. The Hall–Kier alpha value is -0.610. The lowest BCUT2D eigenvalue weighted by Crippen LogP contribution is -2.52. The first-order valence-corrected chi connectivity index (χ1v) is 7.32. The van der Waals surface area contributed by atoms with E-state index in [1.165, 1.54) is 6.42 Å². The van der Waals surface area contributed by atoms with E-state index in [0.29, 0.717) is 6.04 Å². The molecule has 0 radical (unpaired) electrons. The van der Waals surface area contributed by atoms with Crippen LogP contribution in [0.4, 0.5) is 0 Å². The summed E-state index contributed by atoms with van der Waals surface area (Å²) >= 11 is 0. The molecular weight excluding hydrogens is 226 g/mol. The lowest BCUT2D eigenvalue weighted by atomic mass is 10.0. The fraction of sp³-hybridized carbons (Fsp3) is 0.929. The molecule has 1 unspecified atom stereocenters. The van der Waals surface area contributed by atoms with E-state index in [2.05, 4.69) is 22.5 Å². The van der Waals surface area contributed by atoms with Crippen LogP contribution in [0.5, 0.6) is 0 Å². The molecule has 0 aromatic carbocycles. The zero-order valence-corrected chi connectivity index (χ0v) is 12.3. The molecule has 1 aliphatic rings. The van der Waals surface area contributed by atoms with Gasteiger partial charge in [-0.25, -0.2) is 0 Å². The van der Waals surface area contributed by atoms with Crippen LogP contribution in [0, 0.1) is 0 Å². The second kappa shape index (κ2) is 7.74. The van der Waals surface area contributed by atoms with Gasteiger partial charge < -0.3 is 10.6 Å². The third-order valence-electron chi connectivity index (χ3n) is 3.57. The summed E-state index contributed by atoms with van der Waals surface area (Å²) in [6.45, 7) is 11.4. The van der Waals surface area contributed by atoms with Crippen molar-refractivity contribution in [2.24, 2.45) is 0 Å². The average Bonchev–Trinajstić information content (AvgIpc) is 2.35. The standard InChI is InChI=1S/C14H29N3O/c1-5-8-15-13-6-9-17(10-7-13)12(4)14(18)16-11(2)3/h11-13,15H,5-10H2,1-4H3,(H,16,18). The van der Waals surface area contributed by atoms with Crippen molar-refractivity contribution in [1.29, 1.82) is 0 Å². The molecule has 1 atom stereocenters. The molecule has 1 fully saturated rings. The average molecular weight is 255 g/mol. The molecule has 1 aliphatic heterocycles. The van der Waals surface area contributed by atoms with Crippen molar-refractivity contribution < 1.29 is 4.79 Å². The molecule has 1 amide bonds. The van der Waals surface area contributed by atoms with E-state index in [1.807, 2.05) is 20.8 Å². The van der Waals surface area contributed by atoms with Crippen LogP contribution < -0.4 is 10.6 Å². The van der Waals surface area contributed by atoms with Crippen molar-refractivity contribution in [1.82, 2.24) is 15.5 Å². The highest BCUT2D eigenvalue weighted by atomic mass is 16.2. The summed E-state index contributed by atoms with van der Waals surface area (Å²) in [5.41, 5.74) is 0. The molecule has 0 bridgehead atoms. The molecule has 0 spiro atoms. The Balaban J connectivity index is 2.31. The Morgan fingerprint density at radius 3 is 2.39 bits per heavy atom. The zero-order valence-electron chi connectivity index (χ0n) is 12.3. The number of piperidine rings is 1. The highest BCUT2D eigenvalue weighted by Crippen LogP contribution is 2.13. The van der Waals surface area contributed by atoms with E-state index < -0.39 is 0 Å². The number of likely N-dealkylation sites (tertiary alicyclic amines) is 1. The van der Waals surface area contributed by atoms with Gasteiger partial charge in [-0.1, -0.05) is 6.92 Å². The van der Waals surface area contributed by atoms with Crippen LogP contribution in [-0.4, -0.2) is 48.6 Å². The molecule has 4 nitrogen and oxygen atoms in total. The summed E-state index contributed by atoms with van der Waals surface area (Å²) in [6, 6.07) is 0.866. The van der Waals surface area contributed by atoms with Gasteiger partial charge in [0.15, 0.2) is 0 Å². The molecule has 18 heavy (non-hydrogen) atoms. The molecule has 1 saturated heterocycles. The maximum atomic E-state index is 11.9. The number of rotatable bonds is 6. The Morgan fingerprint density at radius 1 is 1.28 bits per heavy atom. The summed E-state index contributed by atoms with van der Waals surface area (Å²) in [5, 5.41) is 6.55. The maximum absolute atomic E-state index is 11.9. The number of hydrogen-bond donors (Lipinski definition) is 2. The topological polar surface area (TPSA) is 44.4 Å². The van der Waals surface area contributed by atoms with E-state index in [9.17, 15) is 4.79 Å². The predicted molar refractivity (Wildman–Crippen MR) is 75.6 cm³/mol. The minimum absolute atomic E-state index is 0.000440. The van der Waals surface area contributed by atoms with E-state index in [1.54, 1.807) is 0 Å². The van der Waals surface area contributed by atoms with Crippen molar-refractivity contribution in [2.45, 2.75) is 65.1 Å². The highest BCUT2D eigenvalue weighted by Gasteiger charge is 2.26. The quantitative estimate of drug-likeness (QED) is 0.753. The lowest BCUT2D eigenvalue weighted by Gasteiger charge is -2.35. The van der Waals surface area contributed by atoms with Gasteiger partial charge in [-0.3, -0.25) is 9.69 Å². The molecule has 0 saturated carbocycles. The number of hydrogen-bond acceptors (Lipinski definition) is 3. The first-order chi connectivity index (χ1) is 8.54. The SMILES string of the molecule is CCCNC1CCN(C(C)C(=O)NC(C)C)CC1. The second-order valence-corrected chi connectivity index (χ2v) is 5.60. The minimum atomic E-state index is -0.000440. The summed E-state index contributed by atoms with van der Waals surface area (Å²) in [5.74, 6) is 0.157. The van der Waals surface area contributed by atoms with Crippen LogP contribution in [0.2, 0.25) is 0 Å². The third kappa shape index (κ3) is 4.94. The van der Waals surface area contributed by atoms with Crippen molar-refractivity contribution in [3.8, 4) is 0 Å². The molecule has 1 rings (SSSR count). The highest BCUT2D eigenvalue weighted by molar-refractivity contribution is 5.81. The Kier molecular flexibility index (Phi) is 6.65. The van der Waals surface area contributed by atoms with Gasteiger partial charge >= 0.3 is 0 Å². The van der Waals surface area contributed by atoms with Gasteiger partial charge in [-0.05, 0) is 46.6 Å². The Bertz CT molecular complexity index is 247. The van der Waals surface area contributed by atoms with Crippen LogP contribution in [0.15, 0.2) is 0 Å². The normalized spacial score (nSPS) is 20.1. The summed E-state index contributed by atoms with van der Waals surface area (Å²) in [7, 11) is 0. The first-order valence-electron chi connectivity index (χ1n) is 7.32. The van der Waals surface area contributed by atoms with E-state index in [-0.39, 0.29) is 18.0 Å². The van der Waals surface area contributed by atoms with Gasteiger partial charge in [-0.2, -0.15) is 0 Å². The first kappa shape index (κ1) is 15.4. The number of nitrogens with zero attached hydrogens (tertiary/aromatic N) is 1. The monoisotopic (exact) mass is 255 g/mol. The van der Waals surface area contributed by atoms with Crippen LogP contribution >= 0.6 is 0 Å². The largest absolute Gasteiger partial charge is 0.353 e. The van der Waals surface area contributed by atoms with Gasteiger partial charge in [0.25, 0.3) is 0 Å². The minimum Gasteiger partial charge on any atom is -0.353 e. The fourth-order valence-electron chi connectivity index (χ4n) is 2.41. The smallest absolute Gasteiger partial charge is 0.237 e. The number of amides is 1. The predicted octanol–water partition coefficient (Wildman–Crippen LogP) is 1.36. The van der Waals surface area contributed by atoms with Crippen molar-refractivity contribution in [3.63, 3.8) is 0 Å². The van der Waals surface area contributed by atoms with Crippen LogP contribution in [0.1, 0.15) is 47.0 Å². The van der Waals surface area contributed by atoms with Gasteiger partial charge in [-0.15, -0.1) is 0 Å². The Labute approximate surface area is 111 Å². The molecule has 0 aliphatic carbocycles. The van der Waals surface area contributed by atoms with E-state index >= 15 is 0 Å². The van der Waals surface area contributed by atoms with Gasteiger partial charge in [0.05, 0.1) is 6.04 Å². The molecule has 4 heteroatoms. The molecular formula is C14H29N3O. The number of nitrogens with one attached hydrogen (secondary N) is 2. The summed E-state index contributed by atoms with van der Waals surface area (Å²) in [6.07, 6.45) is 3.49. The summed E-state index contributed by atoms with van der Waals surface area (Å²) in [4.78, 5) is 14.2. The molecule has 2 N–H and O–H groups in total. The fourth-order valence-corrected chi connectivity index (χ4v) is 2.41. The zero-order chi connectivity index (χ0) is 13.5. The maximum Gasteiger partial charge on any atom is 0.237 e. The van der Waals surface area contributed by atoms with Crippen molar-refractivity contribution in [2.75, 3.05) is 19.6 Å².